The number of hydrogen-bond donors (Lipinski definition) is 0. The Balaban J connectivity index is 2.37. The molecule has 0 aliphatic heterocycles. The van der Waals surface area contributed by atoms with Gasteiger partial charge in [0.2, 0.25) is 0 Å². The van der Waals surface area contributed by atoms with Crippen molar-refractivity contribution in [2.24, 2.45) is 4.74 Å². The summed E-state index contributed by atoms with van der Waals surface area (Å²) in [4.78, 5) is 0. The Morgan fingerprint density at radius 1 is 1.41 bits per heavy atom. The third-order valence-electron chi connectivity index (χ3n) is 2.13. The Labute approximate surface area is 112 Å². The van der Waals surface area contributed by atoms with Crippen LogP contribution in [0.15, 0.2) is 21.3 Å². The predicted molar refractivity (Wildman–Crippen MR) is 74.2 cm³/mol. The molecule has 1 heterocycles. The molecule has 1 unspecified atom stereocenters. The highest BCUT2D eigenvalue weighted by Crippen LogP contribution is 2.52. The zero-order chi connectivity index (χ0) is 12.7. The van der Waals surface area contributed by atoms with Crippen molar-refractivity contribution in [2.75, 3.05) is 19.1 Å². The second-order valence-corrected chi connectivity index (χ2v) is 8.18. The van der Waals surface area contributed by atoms with Crippen LogP contribution < -0.4 is 0 Å². The molecule has 0 aliphatic carbocycles. The van der Waals surface area contributed by atoms with Gasteiger partial charge in [0.25, 0.3) is 0 Å². The van der Waals surface area contributed by atoms with E-state index in [-0.39, 0.29) is 0 Å². The molecule has 0 saturated carbocycles. The molecule has 0 aromatic carbocycles. The summed E-state index contributed by atoms with van der Waals surface area (Å²) in [5.74, 6) is 2.32. The number of hydrogen-bond acceptors (Lipinski definition) is 3. The molecular formula is C11H18Cl2NO2P. The maximum absolute atomic E-state index is 6.22. The average Bonchev–Trinajstić information content (AvgIpc) is 2.68. The smallest absolute Gasteiger partial charge is 0.169 e. The summed E-state index contributed by atoms with van der Waals surface area (Å²) in [6, 6.07) is 3.79. The lowest BCUT2D eigenvalue weighted by atomic mass is 10.3. The van der Waals surface area contributed by atoms with Crippen molar-refractivity contribution in [3.05, 3.63) is 23.7 Å². The SMILES string of the molecule is Cc1ccc(COP(C)(Cl)=NCCCCCl)o1. The molecule has 0 saturated heterocycles. The van der Waals surface area contributed by atoms with Gasteiger partial charge in [0.05, 0.1) is 0 Å². The van der Waals surface area contributed by atoms with Gasteiger partial charge < -0.3 is 8.94 Å². The molecule has 1 aromatic rings. The van der Waals surface area contributed by atoms with Gasteiger partial charge in [-0.15, -0.1) is 11.6 Å². The van der Waals surface area contributed by atoms with Crippen LogP contribution in [0.25, 0.3) is 0 Å². The molecule has 0 aliphatic rings. The first-order valence-corrected chi connectivity index (χ1v) is 9.09. The highest BCUT2D eigenvalue weighted by atomic mass is 35.7. The summed E-state index contributed by atoms with van der Waals surface area (Å²) in [6.07, 6.45) is 1.91. The number of unbranched alkanes of at least 4 members (excludes halogenated alkanes) is 1. The molecule has 1 rings (SSSR count). The first kappa shape index (κ1) is 15.1. The summed E-state index contributed by atoms with van der Waals surface area (Å²) < 4.78 is 15.4. The van der Waals surface area contributed by atoms with E-state index in [2.05, 4.69) is 4.74 Å². The minimum absolute atomic E-state index is 0.376. The number of rotatable bonds is 7. The second-order valence-electron chi connectivity index (χ2n) is 3.82. The highest BCUT2D eigenvalue weighted by Gasteiger charge is 2.10. The normalized spacial score (nSPS) is 14.6. The maximum atomic E-state index is 6.22. The summed E-state index contributed by atoms with van der Waals surface area (Å²) in [6.45, 7) is 2.67. The molecule has 0 radical (unpaired) electrons. The Morgan fingerprint density at radius 3 is 2.76 bits per heavy atom. The van der Waals surface area contributed by atoms with Crippen LogP contribution in [0.4, 0.5) is 0 Å². The van der Waals surface area contributed by atoms with Gasteiger partial charge in [0, 0.05) is 19.1 Å². The Bertz CT molecular complexity index is 387. The minimum Gasteiger partial charge on any atom is -0.464 e. The quantitative estimate of drug-likeness (QED) is 0.402. The predicted octanol–water partition coefficient (Wildman–Crippen LogP) is 5.02. The van der Waals surface area contributed by atoms with Crippen molar-refractivity contribution < 1.29 is 8.94 Å². The fourth-order valence-electron chi connectivity index (χ4n) is 1.24. The van der Waals surface area contributed by atoms with Crippen LogP contribution in [0.2, 0.25) is 0 Å². The van der Waals surface area contributed by atoms with Crippen LogP contribution >= 0.6 is 29.5 Å². The number of halogens is 2. The van der Waals surface area contributed by atoms with Gasteiger partial charge in [-0.2, -0.15) is 0 Å². The molecule has 0 fully saturated rings. The zero-order valence-corrected chi connectivity index (χ0v) is 12.6. The number of aryl methyl sites for hydroxylation is 1. The third kappa shape index (κ3) is 6.52. The van der Waals surface area contributed by atoms with Gasteiger partial charge in [0.1, 0.15) is 18.1 Å². The van der Waals surface area contributed by atoms with E-state index in [0.29, 0.717) is 19.0 Å². The van der Waals surface area contributed by atoms with Crippen LogP contribution in [0.3, 0.4) is 0 Å². The monoisotopic (exact) mass is 297 g/mol. The van der Waals surface area contributed by atoms with E-state index in [1.165, 1.54) is 0 Å². The van der Waals surface area contributed by atoms with E-state index in [1.807, 2.05) is 25.7 Å². The maximum Gasteiger partial charge on any atom is 0.169 e. The fourth-order valence-corrected chi connectivity index (χ4v) is 2.75. The zero-order valence-electron chi connectivity index (χ0n) is 10.2. The van der Waals surface area contributed by atoms with Crippen LogP contribution in [0.5, 0.6) is 0 Å². The van der Waals surface area contributed by atoms with E-state index < -0.39 is 6.63 Å². The number of nitrogens with zero attached hydrogens (tertiary/aromatic N) is 1. The van der Waals surface area contributed by atoms with Gasteiger partial charge >= 0.3 is 0 Å². The Hall–Kier alpha value is 0.0500. The van der Waals surface area contributed by atoms with Crippen molar-refractivity contribution in [1.82, 2.24) is 0 Å². The third-order valence-corrected chi connectivity index (χ3v) is 4.32. The van der Waals surface area contributed by atoms with Crippen molar-refractivity contribution in [3.8, 4) is 0 Å². The lowest BCUT2D eigenvalue weighted by Crippen LogP contribution is -1.88. The summed E-state index contributed by atoms with van der Waals surface area (Å²) in [5, 5.41) is 0. The molecule has 0 bridgehead atoms. The van der Waals surface area contributed by atoms with Crippen LogP contribution in [0, 0.1) is 6.92 Å². The van der Waals surface area contributed by atoms with E-state index in [0.717, 1.165) is 24.4 Å². The average molecular weight is 298 g/mol. The van der Waals surface area contributed by atoms with Crippen molar-refractivity contribution in [3.63, 3.8) is 0 Å². The van der Waals surface area contributed by atoms with Gasteiger partial charge in [0.15, 0.2) is 6.63 Å². The van der Waals surface area contributed by atoms with E-state index in [1.54, 1.807) is 0 Å². The van der Waals surface area contributed by atoms with Crippen molar-refractivity contribution in [2.45, 2.75) is 26.4 Å². The van der Waals surface area contributed by atoms with Gasteiger partial charge in [-0.05, 0) is 43.1 Å². The molecule has 1 atom stereocenters. The molecule has 1 aromatic heterocycles. The van der Waals surface area contributed by atoms with Gasteiger partial charge in [-0.3, -0.25) is 4.74 Å². The van der Waals surface area contributed by atoms with Gasteiger partial charge in [-0.25, -0.2) is 0 Å². The molecular weight excluding hydrogens is 280 g/mol. The number of furan rings is 1. The largest absolute Gasteiger partial charge is 0.464 e. The molecule has 17 heavy (non-hydrogen) atoms. The van der Waals surface area contributed by atoms with Crippen LogP contribution in [-0.4, -0.2) is 19.1 Å². The lowest BCUT2D eigenvalue weighted by Gasteiger charge is -2.11. The molecule has 0 amide bonds. The number of alkyl halides is 1. The van der Waals surface area contributed by atoms with E-state index >= 15 is 0 Å². The standard InChI is InChI=1S/C11H18Cl2NO2P/c1-10-5-6-11(16-10)9-15-17(2,13)14-8-4-3-7-12/h5-6H,3-4,7-9H2,1-2H3. The first-order valence-electron chi connectivity index (χ1n) is 5.54. The molecule has 3 nitrogen and oxygen atoms in total. The second kappa shape index (κ2) is 7.48. The van der Waals surface area contributed by atoms with Crippen molar-refractivity contribution in [1.29, 1.82) is 0 Å². The highest BCUT2D eigenvalue weighted by molar-refractivity contribution is 7.86. The topological polar surface area (TPSA) is 34.7 Å². The molecule has 98 valence electrons. The molecule has 0 spiro atoms. The fraction of sp³-hybridized carbons (Fsp3) is 0.636. The summed E-state index contributed by atoms with van der Waals surface area (Å²) in [5.41, 5.74) is 0. The summed E-state index contributed by atoms with van der Waals surface area (Å²) >= 11 is 11.8. The minimum atomic E-state index is -2.14. The summed E-state index contributed by atoms with van der Waals surface area (Å²) in [7, 11) is 0. The van der Waals surface area contributed by atoms with Crippen molar-refractivity contribution >= 4 is 29.5 Å². The lowest BCUT2D eigenvalue weighted by molar-refractivity contribution is 0.295. The first-order chi connectivity index (χ1) is 8.03. The molecule has 6 heteroatoms. The van der Waals surface area contributed by atoms with Crippen LogP contribution in [-0.2, 0) is 11.1 Å². The molecule has 0 N–H and O–H groups in total. The Morgan fingerprint density at radius 2 is 2.18 bits per heavy atom. The van der Waals surface area contributed by atoms with E-state index in [4.69, 9.17) is 31.8 Å². The Kier molecular flexibility index (Phi) is 6.65. The van der Waals surface area contributed by atoms with E-state index in [9.17, 15) is 0 Å². The van der Waals surface area contributed by atoms with Gasteiger partial charge in [-0.1, -0.05) is 0 Å². The van der Waals surface area contributed by atoms with Crippen LogP contribution in [0.1, 0.15) is 24.4 Å².